The average Bonchev–Trinajstić information content (AvgIpc) is 2.36. The molecule has 0 spiro atoms. The van der Waals surface area contributed by atoms with Gasteiger partial charge in [0.05, 0.1) is 0 Å². The van der Waals surface area contributed by atoms with Gasteiger partial charge in [0.15, 0.2) is 0 Å². The van der Waals surface area contributed by atoms with Crippen LogP contribution in [0.4, 0.5) is 5.69 Å². The number of benzene rings is 1. The molecule has 1 rings (SSSR count). The molecule has 4 heteroatoms. The Hall–Kier alpha value is -1.16. The Bertz CT molecular complexity index is 393. The highest BCUT2D eigenvalue weighted by atomic mass is 32.2. The van der Waals surface area contributed by atoms with Gasteiger partial charge in [-0.1, -0.05) is 19.9 Å². The van der Waals surface area contributed by atoms with Crippen molar-refractivity contribution in [1.29, 1.82) is 0 Å². The molecular formula is C14H22N2OS. The van der Waals surface area contributed by atoms with Gasteiger partial charge in [0.1, 0.15) is 6.04 Å². The minimum absolute atomic E-state index is 0.0401. The molecule has 0 saturated carbocycles. The first-order chi connectivity index (χ1) is 8.52. The van der Waals surface area contributed by atoms with Gasteiger partial charge in [-0.25, -0.2) is 0 Å². The van der Waals surface area contributed by atoms with Crippen LogP contribution < -0.4 is 10.6 Å². The van der Waals surface area contributed by atoms with E-state index in [-0.39, 0.29) is 11.9 Å². The van der Waals surface area contributed by atoms with Gasteiger partial charge < -0.3 is 10.6 Å². The normalized spacial score (nSPS) is 12.3. The molecule has 0 fully saturated rings. The SMILES string of the molecule is CSc1cccc(NC(C)C(=O)NCC(C)C)c1. The highest BCUT2D eigenvalue weighted by Crippen LogP contribution is 2.19. The molecular weight excluding hydrogens is 244 g/mol. The van der Waals surface area contributed by atoms with Crippen molar-refractivity contribution >= 4 is 23.4 Å². The van der Waals surface area contributed by atoms with Crippen LogP contribution in [-0.4, -0.2) is 24.7 Å². The molecule has 100 valence electrons. The van der Waals surface area contributed by atoms with E-state index < -0.39 is 0 Å². The lowest BCUT2D eigenvalue weighted by Crippen LogP contribution is -2.39. The van der Waals surface area contributed by atoms with Gasteiger partial charge in [0.25, 0.3) is 0 Å². The summed E-state index contributed by atoms with van der Waals surface area (Å²) in [7, 11) is 0. The molecule has 0 saturated heterocycles. The standard InChI is InChI=1S/C14H22N2OS/c1-10(2)9-15-14(17)11(3)16-12-6-5-7-13(8-12)18-4/h5-8,10-11,16H,9H2,1-4H3,(H,15,17). The molecule has 1 atom stereocenters. The summed E-state index contributed by atoms with van der Waals surface area (Å²) in [6, 6.07) is 7.86. The molecule has 0 aliphatic carbocycles. The fraction of sp³-hybridized carbons (Fsp3) is 0.500. The lowest BCUT2D eigenvalue weighted by molar-refractivity contribution is -0.121. The number of anilines is 1. The summed E-state index contributed by atoms with van der Waals surface area (Å²) in [5.41, 5.74) is 0.981. The van der Waals surface area contributed by atoms with E-state index in [1.807, 2.05) is 25.3 Å². The number of hydrogen-bond acceptors (Lipinski definition) is 3. The quantitative estimate of drug-likeness (QED) is 0.778. The Morgan fingerprint density at radius 3 is 2.67 bits per heavy atom. The van der Waals surface area contributed by atoms with Gasteiger partial charge in [-0.3, -0.25) is 4.79 Å². The Kier molecular flexibility index (Phi) is 6.05. The first kappa shape index (κ1) is 14.9. The number of amides is 1. The van der Waals surface area contributed by atoms with E-state index in [0.29, 0.717) is 5.92 Å². The Morgan fingerprint density at radius 2 is 2.06 bits per heavy atom. The molecule has 1 aromatic rings. The van der Waals surface area contributed by atoms with Crippen molar-refractivity contribution in [3.8, 4) is 0 Å². The van der Waals surface area contributed by atoms with Crippen LogP contribution in [0.25, 0.3) is 0 Å². The van der Waals surface area contributed by atoms with Crippen molar-refractivity contribution in [2.24, 2.45) is 5.92 Å². The van der Waals surface area contributed by atoms with Crippen LogP contribution in [0.1, 0.15) is 20.8 Å². The number of carbonyl (C=O) groups excluding carboxylic acids is 1. The highest BCUT2D eigenvalue weighted by molar-refractivity contribution is 7.98. The highest BCUT2D eigenvalue weighted by Gasteiger charge is 2.12. The van der Waals surface area contributed by atoms with Gasteiger partial charge in [-0.05, 0) is 37.3 Å². The Balaban J connectivity index is 2.52. The molecule has 0 bridgehead atoms. The summed E-state index contributed by atoms with van der Waals surface area (Å²) in [5.74, 6) is 0.513. The molecule has 0 heterocycles. The predicted octanol–water partition coefficient (Wildman–Crippen LogP) is 2.98. The van der Waals surface area contributed by atoms with Gasteiger partial charge in [0.2, 0.25) is 5.91 Å². The van der Waals surface area contributed by atoms with Crippen LogP contribution >= 0.6 is 11.8 Å². The average molecular weight is 266 g/mol. The molecule has 3 nitrogen and oxygen atoms in total. The molecule has 0 aliphatic rings. The van der Waals surface area contributed by atoms with Crippen LogP contribution in [0.15, 0.2) is 29.2 Å². The summed E-state index contributed by atoms with van der Waals surface area (Å²) in [6.45, 7) is 6.76. The fourth-order valence-electron chi connectivity index (χ4n) is 1.49. The van der Waals surface area contributed by atoms with Gasteiger partial charge in [-0.2, -0.15) is 0 Å². The lowest BCUT2D eigenvalue weighted by atomic mass is 10.2. The molecule has 0 aliphatic heterocycles. The summed E-state index contributed by atoms with van der Waals surface area (Å²) >= 11 is 1.69. The molecule has 1 unspecified atom stereocenters. The maximum absolute atomic E-state index is 11.8. The molecule has 0 radical (unpaired) electrons. The number of nitrogens with one attached hydrogen (secondary N) is 2. The summed E-state index contributed by atoms with van der Waals surface area (Å²) in [5, 5.41) is 6.14. The van der Waals surface area contributed by atoms with Crippen LogP contribution in [0.2, 0.25) is 0 Å². The Labute approximate surface area is 114 Å². The van der Waals surface area contributed by atoms with Crippen molar-refractivity contribution in [3.63, 3.8) is 0 Å². The number of carbonyl (C=O) groups is 1. The van der Waals surface area contributed by atoms with E-state index in [1.54, 1.807) is 11.8 Å². The van der Waals surface area contributed by atoms with E-state index in [1.165, 1.54) is 4.90 Å². The molecule has 2 N–H and O–H groups in total. The van der Waals surface area contributed by atoms with Crippen LogP contribution in [0, 0.1) is 5.92 Å². The van der Waals surface area contributed by atoms with Crippen molar-refractivity contribution in [2.45, 2.75) is 31.7 Å². The topological polar surface area (TPSA) is 41.1 Å². The van der Waals surface area contributed by atoms with Crippen molar-refractivity contribution < 1.29 is 4.79 Å². The second-order valence-electron chi connectivity index (χ2n) is 4.74. The summed E-state index contributed by atoms with van der Waals surface area (Å²) < 4.78 is 0. The van der Waals surface area contributed by atoms with Crippen LogP contribution in [0.5, 0.6) is 0 Å². The van der Waals surface area contributed by atoms with Crippen LogP contribution in [-0.2, 0) is 4.79 Å². The van der Waals surface area contributed by atoms with E-state index in [4.69, 9.17) is 0 Å². The Morgan fingerprint density at radius 1 is 1.33 bits per heavy atom. The summed E-state index contributed by atoms with van der Waals surface area (Å²) in [6.07, 6.45) is 2.04. The largest absolute Gasteiger partial charge is 0.374 e. The zero-order valence-electron chi connectivity index (χ0n) is 11.5. The van der Waals surface area contributed by atoms with Crippen molar-refractivity contribution in [1.82, 2.24) is 5.32 Å². The number of rotatable bonds is 6. The van der Waals surface area contributed by atoms with E-state index in [9.17, 15) is 4.79 Å². The molecule has 1 amide bonds. The van der Waals surface area contributed by atoms with E-state index in [2.05, 4.69) is 36.6 Å². The smallest absolute Gasteiger partial charge is 0.242 e. The monoisotopic (exact) mass is 266 g/mol. The summed E-state index contributed by atoms with van der Waals surface area (Å²) in [4.78, 5) is 13.0. The first-order valence-electron chi connectivity index (χ1n) is 6.21. The number of hydrogen-bond donors (Lipinski definition) is 2. The fourth-order valence-corrected chi connectivity index (χ4v) is 1.95. The zero-order chi connectivity index (χ0) is 13.5. The van der Waals surface area contributed by atoms with Crippen molar-refractivity contribution in [2.75, 3.05) is 18.1 Å². The second-order valence-corrected chi connectivity index (χ2v) is 5.62. The molecule has 18 heavy (non-hydrogen) atoms. The van der Waals surface area contributed by atoms with Gasteiger partial charge in [-0.15, -0.1) is 11.8 Å². The van der Waals surface area contributed by atoms with Gasteiger partial charge >= 0.3 is 0 Å². The second kappa shape index (κ2) is 7.31. The first-order valence-corrected chi connectivity index (χ1v) is 7.43. The third kappa shape index (κ3) is 5.00. The predicted molar refractivity (Wildman–Crippen MR) is 79.2 cm³/mol. The minimum Gasteiger partial charge on any atom is -0.374 e. The van der Waals surface area contributed by atoms with E-state index >= 15 is 0 Å². The zero-order valence-corrected chi connectivity index (χ0v) is 12.3. The third-order valence-corrected chi connectivity index (χ3v) is 3.26. The lowest BCUT2D eigenvalue weighted by Gasteiger charge is -2.16. The minimum atomic E-state index is -0.221. The maximum atomic E-state index is 11.8. The van der Waals surface area contributed by atoms with E-state index in [0.717, 1.165) is 12.2 Å². The number of thioether (sulfide) groups is 1. The third-order valence-electron chi connectivity index (χ3n) is 2.53. The van der Waals surface area contributed by atoms with Crippen LogP contribution in [0.3, 0.4) is 0 Å². The van der Waals surface area contributed by atoms with Gasteiger partial charge in [0, 0.05) is 17.1 Å². The maximum Gasteiger partial charge on any atom is 0.242 e. The molecule has 0 aromatic heterocycles. The van der Waals surface area contributed by atoms with Crippen molar-refractivity contribution in [3.05, 3.63) is 24.3 Å². The molecule has 1 aromatic carbocycles.